The number of phenolic OH excluding ortho intramolecular Hbond substituents is 1. The van der Waals surface area contributed by atoms with E-state index in [0.717, 1.165) is 42.7 Å². The van der Waals surface area contributed by atoms with E-state index in [4.69, 9.17) is 0 Å². The van der Waals surface area contributed by atoms with Crippen LogP contribution in [0.15, 0.2) is 54.7 Å². The molecular formula is C21H24FN3O+2. The van der Waals surface area contributed by atoms with Crippen LogP contribution in [-0.4, -0.2) is 43.3 Å². The summed E-state index contributed by atoms with van der Waals surface area (Å²) in [5, 5.41) is 11.9. The van der Waals surface area contributed by atoms with E-state index < -0.39 is 0 Å². The fourth-order valence-electron chi connectivity index (χ4n) is 3.96. The summed E-state index contributed by atoms with van der Waals surface area (Å²) in [5.41, 5.74) is 2.50. The number of phenols is 1. The van der Waals surface area contributed by atoms with Crippen LogP contribution in [0, 0.1) is 5.82 Å². The molecule has 0 amide bonds. The van der Waals surface area contributed by atoms with Gasteiger partial charge in [0.05, 0.1) is 12.6 Å². The normalized spacial score (nSPS) is 21.6. The van der Waals surface area contributed by atoms with Gasteiger partial charge in [0.2, 0.25) is 0 Å². The van der Waals surface area contributed by atoms with Crippen molar-refractivity contribution in [1.82, 2.24) is 4.98 Å². The molecule has 1 aromatic heterocycles. The van der Waals surface area contributed by atoms with E-state index in [1.54, 1.807) is 6.20 Å². The van der Waals surface area contributed by atoms with Crippen molar-refractivity contribution in [3.63, 3.8) is 0 Å². The van der Waals surface area contributed by atoms with E-state index in [0.29, 0.717) is 5.52 Å². The number of benzene rings is 2. The minimum absolute atomic E-state index is 0.0323. The van der Waals surface area contributed by atoms with E-state index >= 15 is 0 Å². The maximum atomic E-state index is 13.5. The van der Waals surface area contributed by atoms with Gasteiger partial charge in [-0.25, -0.2) is 4.39 Å². The largest absolute Gasteiger partial charge is 0.505 e. The van der Waals surface area contributed by atoms with Gasteiger partial charge in [-0.3, -0.25) is 4.98 Å². The fraction of sp³-hybridized carbons (Fsp3) is 0.286. The lowest BCUT2D eigenvalue weighted by molar-refractivity contribution is -1.02. The first-order valence-electron chi connectivity index (χ1n) is 9.11. The molecule has 26 heavy (non-hydrogen) atoms. The van der Waals surface area contributed by atoms with Crippen LogP contribution in [0.1, 0.15) is 17.2 Å². The van der Waals surface area contributed by atoms with Crippen molar-refractivity contribution in [2.24, 2.45) is 0 Å². The van der Waals surface area contributed by atoms with E-state index in [1.165, 1.54) is 21.9 Å². The number of aromatic hydroxyl groups is 1. The third-order valence-electron chi connectivity index (χ3n) is 5.45. The number of fused-ring (bicyclic) bond motifs is 1. The second-order valence-corrected chi connectivity index (χ2v) is 7.18. The number of halogens is 1. The van der Waals surface area contributed by atoms with Crippen molar-refractivity contribution in [2.45, 2.75) is 6.04 Å². The third kappa shape index (κ3) is 3.16. The number of pyridine rings is 1. The molecule has 5 heteroatoms. The molecule has 2 aromatic carbocycles. The highest BCUT2D eigenvalue weighted by molar-refractivity contribution is 5.85. The van der Waals surface area contributed by atoms with Gasteiger partial charge in [0.15, 0.2) is 5.75 Å². The Morgan fingerprint density at radius 1 is 1.00 bits per heavy atom. The number of hydrogen-bond acceptors (Lipinski definition) is 2. The van der Waals surface area contributed by atoms with Gasteiger partial charge in [-0.1, -0.05) is 12.1 Å². The van der Waals surface area contributed by atoms with Crippen molar-refractivity contribution < 1.29 is 19.3 Å². The molecule has 0 saturated carbocycles. The molecule has 4 rings (SSSR count). The summed E-state index contributed by atoms with van der Waals surface area (Å²) in [7, 11) is 2.21. The quantitative estimate of drug-likeness (QED) is 0.645. The molecule has 0 spiro atoms. The molecule has 0 aliphatic carbocycles. The molecule has 1 fully saturated rings. The molecule has 1 saturated heterocycles. The standard InChI is InChI=1S/C21H22FN3O/c1-24-11-13-25(14-12-24)20(16-4-7-17(22)8-5-16)18-9-6-15-3-2-10-23-19(15)21(18)26/h2-10,20,26H,11-14H2,1H3/p+2/t20-/m0/s1. The molecule has 134 valence electrons. The minimum Gasteiger partial charge on any atom is -0.505 e. The Morgan fingerprint density at radius 3 is 2.46 bits per heavy atom. The lowest BCUT2D eigenvalue weighted by atomic mass is 9.94. The number of piperazine rings is 1. The van der Waals surface area contributed by atoms with Crippen LogP contribution in [-0.2, 0) is 0 Å². The second-order valence-electron chi connectivity index (χ2n) is 7.18. The van der Waals surface area contributed by atoms with Gasteiger partial charge in [0, 0.05) is 17.1 Å². The topological polar surface area (TPSA) is 42.0 Å². The zero-order valence-electron chi connectivity index (χ0n) is 14.9. The number of nitrogens with one attached hydrogen (secondary N) is 2. The van der Waals surface area contributed by atoms with Crippen molar-refractivity contribution in [2.75, 3.05) is 33.2 Å². The number of quaternary nitrogens is 2. The van der Waals surface area contributed by atoms with Crippen LogP contribution in [0.2, 0.25) is 0 Å². The zero-order chi connectivity index (χ0) is 18.1. The molecule has 0 radical (unpaired) electrons. The highest BCUT2D eigenvalue weighted by Crippen LogP contribution is 2.33. The second kappa shape index (κ2) is 7.02. The lowest BCUT2D eigenvalue weighted by Crippen LogP contribution is -3.27. The Balaban J connectivity index is 1.82. The Bertz CT molecular complexity index is 905. The van der Waals surface area contributed by atoms with Gasteiger partial charge in [0.1, 0.15) is 43.6 Å². The summed E-state index contributed by atoms with van der Waals surface area (Å²) in [6.07, 6.45) is 1.70. The average molecular weight is 353 g/mol. The predicted octanol–water partition coefficient (Wildman–Crippen LogP) is 0.582. The van der Waals surface area contributed by atoms with Crippen LogP contribution < -0.4 is 9.80 Å². The molecule has 4 nitrogen and oxygen atoms in total. The van der Waals surface area contributed by atoms with E-state index in [9.17, 15) is 9.50 Å². The van der Waals surface area contributed by atoms with Crippen molar-refractivity contribution in [1.29, 1.82) is 0 Å². The third-order valence-corrected chi connectivity index (χ3v) is 5.45. The molecule has 1 aliphatic heterocycles. The minimum atomic E-state index is -0.241. The maximum absolute atomic E-state index is 13.5. The number of aromatic nitrogens is 1. The smallest absolute Gasteiger partial charge is 0.151 e. The van der Waals surface area contributed by atoms with Gasteiger partial charge >= 0.3 is 0 Å². The zero-order valence-corrected chi connectivity index (χ0v) is 14.9. The summed E-state index contributed by atoms with van der Waals surface area (Å²) in [4.78, 5) is 7.29. The van der Waals surface area contributed by atoms with Gasteiger partial charge < -0.3 is 14.9 Å². The van der Waals surface area contributed by atoms with Gasteiger partial charge in [-0.05, 0) is 36.4 Å². The number of hydrogen-bond donors (Lipinski definition) is 3. The summed E-state index contributed by atoms with van der Waals surface area (Å²) in [5.74, 6) is -0.00841. The van der Waals surface area contributed by atoms with Crippen molar-refractivity contribution in [3.05, 3.63) is 71.7 Å². The number of likely N-dealkylation sites (N-methyl/N-ethyl adjacent to an activating group) is 1. The molecule has 3 aromatic rings. The molecule has 0 unspecified atom stereocenters. The molecule has 1 aliphatic rings. The van der Waals surface area contributed by atoms with Crippen molar-refractivity contribution in [3.8, 4) is 5.75 Å². The van der Waals surface area contributed by atoms with Crippen LogP contribution >= 0.6 is 0 Å². The lowest BCUT2D eigenvalue weighted by Gasteiger charge is -2.34. The van der Waals surface area contributed by atoms with Crippen molar-refractivity contribution >= 4 is 10.9 Å². The van der Waals surface area contributed by atoms with E-state index in [2.05, 4.69) is 12.0 Å². The first-order valence-corrected chi connectivity index (χ1v) is 9.11. The summed E-state index contributed by atoms with van der Waals surface area (Å²) in [6.45, 7) is 4.18. The molecule has 0 bridgehead atoms. The van der Waals surface area contributed by atoms with E-state index in [1.807, 2.05) is 36.4 Å². The Morgan fingerprint density at radius 2 is 1.73 bits per heavy atom. The van der Waals surface area contributed by atoms with Crippen LogP contribution in [0.5, 0.6) is 5.75 Å². The first kappa shape index (κ1) is 16.9. The van der Waals surface area contributed by atoms with Gasteiger partial charge in [-0.2, -0.15) is 0 Å². The Hall–Kier alpha value is -2.50. The summed E-state index contributed by atoms with van der Waals surface area (Å²) < 4.78 is 13.5. The molecule has 1 atom stereocenters. The van der Waals surface area contributed by atoms with Crippen LogP contribution in [0.25, 0.3) is 10.9 Å². The van der Waals surface area contributed by atoms with Crippen LogP contribution in [0.3, 0.4) is 0 Å². The maximum Gasteiger partial charge on any atom is 0.151 e. The molecular weight excluding hydrogens is 329 g/mol. The highest BCUT2D eigenvalue weighted by Gasteiger charge is 2.33. The first-order chi connectivity index (χ1) is 12.6. The highest BCUT2D eigenvalue weighted by atomic mass is 19.1. The van der Waals surface area contributed by atoms with E-state index in [-0.39, 0.29) is 17.6 Å². The number of nitrogens with zero attached hydrogens (tertiary/aromatic N) is 1. The Kier molecular flexibility index (Phi) is 4.57. The Labute approximate surface area is 152 Å². The monoisotopic (exact) mass is 353 g/mol. The SMILES string of the molecule is C[NH+]1CC[NH+]([C@@H](c2ccc(F)cc2)c2ccc3cccnc3c2O)CC1. The predicted molar refractivity (Wildman–Crippen MR) is 99.0 cm³/mol. The average Bonchev–Trinajstić information content (AvgIpc) is 2.67. The number of rotatable bonds is 3. The fourth-order valence-corrected chi connectivity index (χ4v) is 3.96. The van der Waals surface area contributed by atoms with Gasteiger partial charge in [0.25, 0.3) is 0 Å². The molecule has 3 N–H and O–H groups in total. The van der Waals surface area contributed by atoms with Crippen LogP contribution in [0.4, 0.5) is 4.39 Å². The molecule has 2 heterocycles. The van der Waals surface area contributed by atoms with Gasteiger partial charge in [-0.15, -0.1) is 0 Å². The summed E-state index contributed by atoms with van der Waals surface area (Å²) >= 11 is 0. The summed E-state index contributed by atoms with van der Waals surface area (Å²) in [6, 6.07) is 14.5.